The van der Waals surface area contributed by atoms with Gasteiger partial charge in [0.25, 0.3) is 5.91 Å². The third-order valence-electron chi connectivity index (χ3n) is 3.17. The number of benzene rings is 1. The predicted molar refractivity (Wildman–Crippen MR) is 77.2 cm³/mol. The Morgan fingerprint density at radius 2 is 2.05 bits per heavy atom. The summed E-state index contributed by atoms with van der Waals surface area (Å²) in [7, 11) is 0. The van der Waals surface area contributed by atoms with Crippen LogP contribution in [0.2, 0.25) is 0 Å². The fourth-order valence-corrected chi connectivity index (χ4v) is 2.07. The second kappa shape index (κ2) is 5.66. The molecule has 0 radical (unpaired) electrons. The van der Waals surface area contributed by atoms with Crippen LogP contribution in [0.5, 0.6) is 0 Å². The monoisotopic (exact) mass is 283 g/mol. The molecule has 0 aliphatic carbocycles. The van der Waals surface area contributed by atoms with Crippen LogP contribution in [0.4, 0.5) is 0 Å². The van der Waals surface area contributed by atoms with E-state index in [9.17, 15) is 9.59 Å². The molecule has 0 atom stereocenters. The molecule has 1 aromatic carbocycles. The average Bonchev–Trinajstić information content (AvgIpc) is 2.99. The highest BCUT2D eigenvalue weighted by molar-refractivity contribution is 5.96. The molecule has 0 saturated carbocycles. The van der Waals surface area contributed by atoms with E-state index in [1.165, 1.54) is 0 Å². The molecule has 0 unspecified atom stereocenters. The van der Waals surface area contributed by atoms with Gasteiger partial charge in [0.15, 0.2) is 0 Å². The number of carbonyl (C=O) groups excluding carboxylic acids is 1. The zero-order valence-electron chi connectivity index (χ0n) is 11.2. The van der Waals surface area contributed by atoms with Crippen LogP contribution >= 0.6 is 0 Å². The molecule has 1 N–H and O–H groups in total. The van der Waals surface area contributed by atoms with Crippen molar-refractivity contribution in [2.24, 2.45) is 0 Å². The Bertz CT molecular complexity index is 818. The Morgan fingerprint density at radius 1 is 1.19 bits per heavy atom. The van der Waals surface area contributed by atoms with Crippen LogP contribution in [0, 0.1) is 0 Å². The number of hydrogen-bond donors (Lipinski definition) is 1. The molecule has 0 aliphatic rings. The Balaban J connectivity index is 1.75. The molecule has 2 heterocycles. The SMILES string of the molecule is O=C(NCCc1ccoc1)c1cc2ccccc2oc1=O. The van der Waals surface area contributed by atoms with Crippen LogP contribution in [0.1, 0.15) is 15.9 Å². The number of nitrogens with one attached hydrogen (secondary N) is 1. The van der Waals surface area contributed by atoms with E-state index >= 15 is 0 Å². The summed E-state index contributed by atoms with van der Waals surface area (Å²) in [5, 5.41) is 3.42. The van der Waals surface area contributed by atoms with Crippen molar-refractivity contribution in [3.63, 3.8) is 0 Å². The highest BCUT2D eigenvalue weighted by Gasteiger charge is 2.13. The number of rotatable bonds is 4. The first-order valence-electron chi connectivity index (χ1n) is 6.56. The van der Waals surface area contributed by atoms with Crippen molar-refractivity contribution in [2.45, 2.75) is 6.42 Å². The first-order valence-corrected chi connectivity index (χ1v) is 6.56. The van der Waals surface area contributed by atoms with Crippen molar-refractivity contribution in [3.05, 3.63) is 70.5 Å². The lowest BCUT2D eigenvalue weighted by Crippen LogP contribution is -2.29. The quantitative estimate of drug-likeness (QED) is 0.746. The molecule has 0 bridgehead atoms. The van der Waals surface area contributed by atoms with Crippen molar-refractivity contribution in [1.82, 2.24) is 5.32 Å². The second-order valence-corrected chi connectivity index (χ2v) is 4.62. The van der Waals surface area contributed by atoms with Crippen LogP contribution in [-0.2, 0) is 6.42 Å². The van der Waals surface area contributed by atoms with E-state index < -0.39 is 11.5 Å². The van der Waals surface area contributed by atoms with Gasteiger partial charge in [0, 0.05) is 11.9 Å². The van der Waals surface area contributed by atoms with E-state index in [0.29, 0.717) is 18.5 Å². The molecule has 3 rings (SSSR count). The third kappa shape index (κ3) is 2.86. The van der Waals surface area contributed by atoms with E-state index in [0.717, 1.165) is 10.9 Å². The van der Waals surface area contributed by atoms with Crippen molar-refractivity contribution < 1.29 is 13.6 Å². The third-order valence-corrected chi connectivity index (χ3v) is 3.17. The highest BCUT2D eigenvalue weighted by Crippen LogP contribution is 2.12. The van der Waals surface area contributed by atoms with Gasteiger partial charge >= 0.3 is 5.63 Å². The molecule has 0 saturated heterocycles. The van der Waals surface area contributed by atoms with Gasteiger partial charge in [-0.25, -0.2) is 4.79 Å². The molecule has 5 nitrogen and oxygen atoms in total. The summed E-state index contributed by atoms with van der Waals surface area (Å²) >= 11 is 0. The van der Waals surface area contributed by atoms with Gasteiger partial charge in [-0.2, -0.15) is 0 Å². The second-order valence-electron chi connectivity index (χ2n) is 4.62. The minimum absolute atomic E-state index is 0.0147. The lowest BCUT2D eigenvalue weighted by Gasteiger charge is -2.04. The molecule has 0 fully saturated rings. The lowest BCUT2D eigenvalue weighted by molar-refractivity contribution is 0.0950. The molecular weight excluding hydrogens is 270 g/mol. The first-order chi connectivity index (χ1) is 10.2. The van der Waals surface area contributed by atoms with Crippen LogP contribution in [-0.4, -0.2) is 12.5 Å². The van der Waals surface area contributed by atoms with Crippen LogP contribution in [0.15, 0.2) is 62.6 Å². The summed E-state index contributed by atoms with van der Waals surface area (Å²) in [6.45, 7) is 0.421. The molecule has 1 amide bonds. The topological polar surface area (TPSA) is 72.5 Å². The molecule has 106 valence electrons. The van der Waals surface area contributed by atoms with Gasteiger partial charge in [-0.3, -0.25) is 4.79 Å². The van der Waals surface area contributed by atoms with E-state index in [-0.39, 0.29) is 5.56 Å². The zero-order chi connectivity index (χ0) is 14.7. The van der Waals surface area contributed by atoms with E-state index in [4.69, 9.17) is 8.83 Å². The average molecular weight is 283 g/mol. The minimum Gasteiger partial charge on any atom is -0.472 e. The largest absolute Gasteiger partial charge is 0.472 e. The molecule has 0 spiro atoms. The Labute approximate surface area is 120 Å². The molecule has 2 aromatic heterocycles. The van der Waals surface area contributed by atoms with Crippen LogP contribution in [0.25, 0.3) is 11.0 Å². The minimum atomic E-state index is -0.630. The summed E-state index contributed by atoms with van der Waals surface area (Å²) in [6.07, 6.45) is 3.84. The fraction of sp³-hybridized carbons (Fsp3) is 0.125. The summed E-state index contributed by atoms with van der Waals surface area (Å²) < 4.78 is 10.1. The Kier molecular flexibility index (Phi) is 3.55. The molecule has 21 heavy (non-hydrogen) atoms. The maximum Gasteiger partial charge on any atom is 0.349 e. The number of fused-ring (bicyclic) bond motifs is 1. The number of furan rings is 1. The summed E-state index contributed by atoms with van der Waals surface area (Å²) in [6, 6.07) is 10.5. The number of para-hydroxylation sites is 1. The molecule has 5 heteroatoms. The molecule has 3 aromatic rings. The highest BCUT2D eigenvalue weighted by atomic mass is 16.4. The van der Waals surface area contributed by atoms with Crippen molar-refractivity contribution >= 4 is 16.9 Å². The first kappa shape index (κ1) is 13.2. The lowest BCUT2D eigenvalue weighted by atomic mass is 10.1. The Morgan fingerprint density at radius 3 is 2.86 bits per heavy atom. The number of amides is 1. The molecule has 0 aliphatic heterocycles. The van der Waals surface area contributed by atoms with Gasteiger partial charge in [0.2, 0.25) is 0 Å². The Hall–Kier alpha value is -2.82. The van der Waals surface area contributed by atoms with Gasteiger partial charge in [0.05, 0.1) is 12.5 Å². The predicted octanol–water partition coefficient (Wildman–Crippen LogP) is 2.36. The van der Waals surface area contributed by atoms with Gasteiger partial charge in [0.1, 0.15) is 11.1 Å². The standard InChI is InChI=1S/C16H13NO4/c18-15(17-7-5-11-6-8-20-10-11)13-9-12-3-1-2-4-14(12)21-16(13)19/h1-4,6,8-10H,5,7H2,(H,17,18). The number of carbonyl (C=O) groups is 1. The van der Waals surface area contributed by atoms with Crippen molar-refractivity contribution in [1.29, 1.82) is 0 Å². The smallest absolute Gasteiger partial charge is 0.349 e. The maximum absolute atomic E-state index is 12.0. The maximum atomic E-state index is 12.0. The van der Waals surface area contributed by atoms with E-state index in [2.05, 4.69) is 5.32 Å². The van der Waals surface area contributed by atoms with Crippen LogP contribution in [0.3, 0.4) is 0 Å². The summed E-state index contributed by atoms with van der Waals surface area (Å²) in [5.41, 5.74) is 0.841. The van der Waals surface area contributed by atoms with Crippen molar-refractivity contribution in [2.75, 3.05) is 6.54 Å². The van der Waals surface area contributed by atoms with E-state index in [1.807, 2.05) is 12.1 Å². The van der Waals surface area contributed by atoms with Crippen molar-refractivity contribution in [3.8, 4) is 0 Å². The summed E-state index contributed by atoms with van der Waals surface area (Å²) in [4.78, 5) is 23.9. The normalized spacial score (nSPS) is 10.7. The van der Waals surface area contributed by atoms with Crippen LogP contribution < -0.4 is 10.9 Å². The van der Waals surface area contributed by atoms with Gasteiger partial charge < -0.3 is 14.2 Å². The van der Waals surface area contributed by atoms with Gasteiger partial charge in [-0.15, -0.1) is 0 Å². The fourth-order valence-electron chi connectivity index (χ4n) is 2.07. The van der Waals surface area contributed by atoms with Gasteiger partial charge in [-0.05, 0) is 30.2 Å². The van der Waals surface area contributed by atoms with Gasteiger partial charge in [-0.1, -0.05) is 18.2 Å². The molecular formula is C16H13NO4. The van der Waals surface area contributed by atoms with E-state index in [1.54, 1.807) is 36.8 Å². The number of hydrogen-bond acceptors (Lipinski definition) is 4. The zero-order valence-corrected chi connectivity index (χ0v) is 11.2. The summed E-state index contributed by atoms with van der Waals surface area (Å²) in [5.74, 6) is -0.432.